The normalized spacial score (nSPS) is 18.7. The molecule has 1 saturated heterocycles. The summed E-state index contributed by atoms with van der Waals surface area (Å²) in [5.41, 5.74) is 0. The van der Waals surface area contributed by atoms with Crippen LogP contribution in [0.15, 0.2) is 18.7 Å². The molecule has 1 aliphatic heterocycles. The first-order chi connectivity index (χ1) is 10.1. The van der Waals surface area contributed by atoms with Gasteiger partial charge in [0.15, 0.2) is 0 Å². The minimum absolute atomic E-state index is 0.208. The van der Waals surface area contributed by atoms with E-state index in [-0.39, 0.29) is 5.28 Å². The predicted molar refractivity (Wildman–Crippen MR) is 80.9 cm³/mol. The lowest BCUT2D eigenvalue weighted by Gasteiger charge is -2.27. The topological polar surface area (TPSA) is 63.0 Å². The lowest BCUT2D eigenvalue weighted by atomic mass is 10.2. The van der Waals surface area contributed by atoms with Gasteiger partial charge in [0.2, 0.25) is 17.2 Å². The van der Waals surface area contributed by atoms with Crippen molar-refractivity contribution < 1.29 is 0 Å². The van der Waals surface area contributed by atoms with E-state index in [1.807, 2.05) is 0 Å². The molecule has 21 heavy (non-hydrogen) atoms. The minimum atomic E-state index is 0.208. The average molecular weight is 308 g/mol. The largest absolute Gasteiger partial charge is 0.336 e. The minimum Gasteiger partial charge on any atom is -0.336 e. The van der Waals surface area contributed by atoms with E-state index in [0.717, 1.165) is 25.9 Å². The fourth-order valence-corrected chi connectivity index (χ4v) is 2.81. The number of rotatable bonds is 4. The molecule has 2 aromatic rings. The van der Waals surface area contributed by atoms with Crippen LogP contribution in [0.1, 0.15) is 12.8 Å². The summed E-state index contributed by atoms with van der Waals surface area (Å²) in [5.74, 6) is 1.14. The molecule has 0 aromatic carbocycles. The molecular formula is C13H18ClN7. The first kappa shape index (κ1) is 14.2. The highest BCUT2D eigenvalue weighted by atomic mass is 35.5. The maximum absolute atomic E-state index is 6.07. The van der Waals surface area contributed by atoms with Crippen LogP contribution in [-0.2, 0) is 0 Å². The van der Waals surface area contributed by atoms with Crippen LogP contribution in [0, 0.1) is 0 Å². The van der Waals surface area contributed by atoms with Crippen molar-refractivity contribution in [2.75, 3.05) is 32.1 Å². The summed E-state index contributed by atoms with van der Waals surface area (Å²) >= 11 is 6.07. The Hall–Kier alpha value is -1.73. The van der Waals surface area contributed by atoms with Crippen molar-refractivity contribution in [2.24, 2.45) is 0 Å². The Morgan fingerprint density at radius 1 is 1.29 bits per heavy atom. The van der Waals surface area contributed by atoms with E-state index in [9.17, 15) is 0 Å². The number of hydrogen-bond acceptors (Lipinski definition) is 6. The average Bonchev–Trinajstić information content (AvgIpc) is 3.07. The monoisotopic (exact) mass is 307 g/mol. The molecule has 0 radical (unpaired) electrons. The van der Waals surface area contributed by atoms with Crippen LogP contribution in [0.25, 0.3) is 5.95 Å². The lowest BCUT2D eigenvalue weighted by molar-refractivity contribution is 0.370. The molecule has 1 unspecified atom stereocenters. The third-order valence-electron chi connectivity index (χ3n) is 3.53. The molecule has 112 valence electrons. The number of hydrogen-bond donors (Lipinski definition) is 0. The molecule has 3 heterocycles. The molecule has 3 rings (SSSR count). The van der Waals surface area contributed by atoms with Crippen molar-refractivity contribution in [1.82, 2.24) is 29.4 Å². The number of anilines is 1. The van der Waals surface area contributed by atoms with Gasteiger partial charge in [-0.3, -0.25) is 4.57 Å². The van der Waals surface area contributed by atoms with E-state index < -0.39 is 0 Å². The summed E-state index contributed by atoms with van der Waals surface area (Å²) in [5, 5.41) is 0.208. The van der Waals surface area contributed by atoms with E-state index in [4.69, 9.17) is 11.6 Å². The Bertz CT molecular complexity index is 599. The summed E-state index contributed by atoms with van der Waals surface area (Å²) in [6.45, 7) is 1.92. The fraction of sp³-hybridized carbons (Fsp3) is 0.538. The Balaban J connectivity index is 1.91. The zero-order chi connectivity index (χ0) is 14.8. The standard InChI is InChI=1S/C13H18ClN7/c1-19(2)8-10-4-3-6-21(10)13-17-11(14)16-12(18-13)20-7-5-15-9-20/h5,7,9-10H,3-4,6,8H2,1-2H3. The van der Waals surface area contributed by atoms with Gasteiger partial charge < -0.3 is 9.80 Å². The first-order valence-corrected chi connectivity index (χ1v) is 7.32. The fourth-order valence-electron chi connectivity index (χ4n) is 2.66. The Kier molecular flexibility index (Phi) is 4.03. The Morgan fingerprint density at radius 3 is 2.81 bits per heavy atom. The highest BCUT2D eigenvalue weighted by molar-refractivity contribution is 6.28. The van der Waals surface area contributed by atoms with Crippen LogP contribution in [0.3, 0.4) is 0 Å². The van der Waals surface area contributed by atoms with Gasteiger partial charge in [0.1, 0.15) is 6.33 Å². The number of nitrogens with zero attached hydrogens (tertiary/aromatic N) is 7. The molecule has 0 amide bonds. The summed E-state index contributed by atoms with van der Waals surface area (Å²) < 4.78 is 1.73. The second kappa shape index (κ2) is 5.95. The third kappa shape index (κ3) is 3.14. The predicted octanol–water partition coefficient (Wildman–Crippen LogP) is 1.24. The molecule has 8 heteroatoms. The highest BCUT2D eigenvalue weighted by Crippen LogP contribution is 2.24. The van der Waals surface area contributed by atoms with E-state index in [2.05, 4.69) is 43.8 Å². The zero-order valence-corrected chi connectivity index (χ0v) is 12.9. The lowest BCUT2D eigenvalue weighted by Crippen LogP contribution is -2.38. The van der Waals surface area contributed by atoms with Crippen molar-refractivity contribution in [3.8, 4) is 5.95 Å². The van der Waals surface area contributed by atoms with Crippen LogP contribution in [-0.4, -0.2) is 62.6 Å². The van der Waals surface area contributed by atoms with Crippen molar-refractivity contribution in [3.05, 3.63) is 24.0 Å². The van der Waals surface area contributed by atoms with Crippen LogP contribution < -0.4 is 4.90 Å². The maximum Gasteiger partial charge on any atom is 0.241 e. The van der Waals surface area contributed by atoms with Gasteiger partial charge in [-0.25, -0.2) is 4.98 Å². The maximum atomic E-state index is 6.07. The SMILES string of the molecule is CN(C)CC1CCCN1c1nc(Cl)nc(-n2ccnc2)n1. The van der Waals surface area contributed by atoms with Gasteiger partial charge in [0, 0.05) is 31.5 Å². The van der Waals surface area contributed by atoms with Crippen molar-refractivity contribution in [3.63, 3.8) is 0 Å². The second-order valence-electron chi connectivity index (χ2n) is 5.43. The van der Waals surface area contributed by atoms with Crippen LogP contribution >= 0.6 is 11.6 Å². The van der Waals surface area contributed by atoms with Crippen LogP contribution in [0.5, 0.6) is 0 Å². The smallest absolute Gasteiger partial charge is 0.241 e. The number of aromatic nitrogens is 5. The molecule has 2 aromatic heterocycles. The van der Waals surface area contributed by atoms with Crippen molar-refractivity contribution >= 4 is 17.5 Å². The zero-order valence-electron chi connectivity index (χ0n) is 12.1. The summed E-state index contributed by atoms with van der Waals surface area (Å²) in [7, 11) is 4.15. The molecule has 0 spiro atoms. The number of halogens is 1. The molecule has 0 N–H and O–H groups in total. The van der Waals surface area contributed by atoms with Crippen molar-refractivity contribution in [1.29, 1.82) is 0 Å². The third-order valence-corrected chi connectivity index (χ3v) is 3.70. The molecule has 0 aliphatic carbocycles. The van der Waals surface area contributed by atoms with Gasteiger partial charge in [-0.2, -0.15) is 15.0 Å². The summed E-state index contributed by atoms with van der Waals surface area (Å²) in [6, 6.07) is 0.411. The first-order valence-electron chi connectivity index (χ1n) is 6.95. The van der Waals surface area contributed by atoms with Crippen molar-refractivity contribution in [2.45, 2.75) is 18.9 Å². The molecule has 1 fully saturated rings. The van der Waals surface area contributed by atoms with Crippen LogP contribution in [0.2, 0.25) is 5.28 Å². The summed E-state index contributed by atoms with van der Waals surface area (Å²) in [4.78, 5) is 21.4. The van der Waals surface area contributed by atoms with Gasteiger partial charge in [-0.15, -0.1) is 0 Å². The van der Waals surface area contributed by atoms with Gasteiger partial charge in [-0.05, 0) is 38.5 Å². The second-order valence-corrected chi connectivity index (χ2v) is 5.76. The number of likely N-dealkylation sites (N-methyl/N-ethyl adjacent to an activating group) is 1. The molecule has 0 saturated carbocycles. The quantitative estimate of drug-likeness (QED) is 0.847. The van der Waals surface area contributed by atoms with E-state index in [1.54, 1.807) is 23.3 Å². The summed E-state index contributed by atoms with van der Waals surface area (Å²) in [6.07, 6.45) is 7.40. The van der Waals surface area contributed by atoms with Gasteiger partial charge in [0.25, 0.3) is 0 Å². The molecule has 1 atom stereocenters. The van der Waals surface area contributed by atoms with Crippen LogP contribution in [0.4, 0.5) is 5.95 Å². The van der Waals surface area contributed by atoms with E-state index in [0.29, 0.717) is 17.9 Å². The van der Waals surface area contributed by atoms with Gasteiger partial charge in [0.05, 0.1) is 0 Å². The Labute approximate surface area is 128 Å². The van der Waals surface area contributed by atoms with E-state index in [1.165, 1.54) is 0 Å². The molecule has 1 aliphatic rings. The van der Waals surface area contributed by atoms with E-state index >= 15 is 0 Å². The highest BCUT2D eigenvalue weighted by Gasteiger charge is 2.28. The number of imidazole rings is 1. The molecule has 0 bridgehead atoms. The van der Waals surface area contributed by atoms with Gasteiger partial charge >= 0.3 is 0 Å². The molecule has 7 nitrogen and oxygen atoms in total. The van der Waals surface area contributed by atoms with Gasteiger partial charge in [-0.1, -0.05) is 0 Å². The molecular weight excluding hydrogens is 290 g/mol. The Morgan fingerprint density at radius 2 is 2.10 bits per heavy atom.